The lowest BCUT2D eigenvalue weighted by atomic mass is 10.3. The summed E-state index contributed by atoms with van der Waals surface area (Å²) in [6.45, 7) is 7.40. The maximum Gasteiger partial charge on any atom is 0.236 e. The van der Waals surface area contributed by atoms with E-state index in [1.165, 1.54) is 4.88 Å². The summed E-state index contributed by atoms with van der Waals surface area (Å²) in [6, 6.07) is 0. The lowest BCUT2D eigenvalue weighted by Crippen LogP contribution is -2.36. The number of rotatable bonds is 9. The van der Waals surface area contributed by atoms with E-state index in [1.807, 2.05) is 6.20 Å². The number of amides is 1. The van der Waals surface area contributed by atoms with Gasteiger partial charge in [-0.05, 0) is 19.4 Å². The minimum atomic E-state index is 0.146. The van der Waals surface area contributed by atoms with Crippen molar-refractivity contribution in [2.24, 2.45) is 0 Å². The molecule has 0 bridgehead atoms. The molecule has 114 valence electrons. The number of hydrogen-bond donors (Lipinski definition) is 1. The number of nitrogens with one attached hydrogen (secondary N) is 1. The molecule has 20 heavy (non-hydrogen) atoms. The van der Waals surface area contributed by atoms with Crippen LogP contribution in [0.25, 0.3) is 0 Å². The number of hydrogen-bond acceptors (Lipinski definition) is 5. The highest BCUT2D eigenvalue weighted by molar-refractivity contribution is 7.15. The first kappa shape index (κ1) is 16.9. The number of aromatic nitrogens is 1. The summed E-state index contributed by atoms with van der Waals surface area (Å²) >= 11 is 1.67. The first-order valence-corrected chi connectivity index (χ1v) is 7.99. The standard InChI is InChI=1S/C14H26N4OS/c1-5-7-15-14-16-9-12(20-14)10-18(8-6-2)11-13(19)17(3)4/h9H,5-8,10-11H2,1-4H3,(H,15,16). The van der Waals surface area contributed by atoms with Crippen LogP contribution in [-0.2, 0) is 11.3 Å². The molecule has 6 heteroatoms. The molecule has 0 aromatic carbocycles. The third-order valence-electron chi connectivity index (χ3n) is 2.86. The van der Waals surface area contributed by atoms with Gasteiger partial charge in [-0.3, -0.25) is 9.69 Å². The van der Waals surface area contributed by atoms with Crippen molar-refractivity contribution < 1.29 is 4.79 Å². The monoisotopic (exact) mass is 298 g/mol. The number of likely N-dealkylation sites (N-methyl/N-ethyl adjacent to an activating group) is 1. The molecule has 0 saturated heterocycles. The lowest BCUT2D eigenvalue weighted by Gasteiger charge is -2.22. The molecule has 0 atom stereocenters. The van der Waals surface area contributed by atoms with Crippen LogP contribution in [0, 0.1) is 0 Å². The van der Waals surface area contributed by atoms with Crippen molar-refractivity contribution in [3.63, 3.8) is 0 Å². The first-order chi connectivity index (χ1) is 9.56. The van der Waals surface area contributed by atoms with Crippen LogP contribution in [0.15, 0.2) is 6.20 Å². The van der Waals surface area contributed by atoms with Crippen molar-refractivity contribution >= 4 is 22.4 Å². The molecule has 1 aromatic heterocycles. The first-order valence-electron chi connectivity index (χ1n) is 7.17. The summed E-state index contributed by atoms with van der Waals surface area (Å²) in [4.78, 5) is 21.2. The lowest BCUT2D eigenvalue weighted by molar-refractivity contribution is -0.130. The van der Waals surface area contributed by atoms with E-state index in [1.54, 1.807) is 30.3 Å². The molecule has 1 heterocycles. The minimum absolute atomic E-state index is 0.146. The van der Waals surface area contributed by atoms with Crippen LogP contribution in [0.1, 0.15) is 31.6 Å². The van der Waals surface area contributed by atoms with Gasteiger partial charge in [0.2, 0.25) is 5.91 Å². The predicted octanol–water partition coefficient (Wildman–Crippen LogP) is 2.27. The molecule has 0 radical (unpaired) electrons. The largest absolute Gasteiger partial charge is 0.362 e. The Morgan fingerprint density at radius 2 is 2.10 bits per heavy atom. The molecule has 1 aromatic rings. The van der Waals surface area contributed by atoms with Crippen LogP contribution >= 0.6 is 11.3 Å². The fourth-order valence-electron chi connectivity index (χ4n) is 1.78. The number of anilines is 1. The molecule has 0 unspecified atom stereocenters. The Bertz CT molecular complexity index is 406. The second kappa shape index (κ2) is 8.92. The zero-order chi connectivity index (χ0) is 15.0. The van der Waals surface area contributed by atoms with E-state index in [9.17, 15) is 4.79 Å². The van der Waals surface area contributed by atoms with Gasteiger partial charge in [-0.25, -0.2) is 4.98 Å². The second-order valence-electron chi connectivity index (χ2n) is 5.06. The molecule has 1 amide bonds. The van der Waals surface area contributed by atoms with Gasteiger partial charge < -0.3 is 10.2 Å². The van der Waals surface area contributed by atoms with E-state index >= 15 is 0 Å². The Hall–Kier alpha value is -1.14. The van der Waals surface area contributed by atoms with Gasteiger partial charge in [-0.1, -0.05) is 13.8 Å². The van der Waals surface area contributed by atoms with Gasteiger partial charge in [0, 0.05) is 38.3 Å². The zero-order valence-electron chi connectivity index (χ0n) is 13.0. The van der Waals surface area contributed by atoms with E-state index in [0.717, 1.165) is 37.6 Å². The fourth-order valence-corrected chi connectivity index (χ4v) is 2.66. The Morgan fingerprint density at radius 1 is 1.35 bits per heavy atom. The highest BCUT2D eigenvalue weighted by Gasteiger charge is 2.13. The SMILES string of the molecule is CCCNc1ncc(CN(CCC)CC(=O)N(C)C)s1. The maximum absolute atomic E-state index is 11.8. The summed E-state index contributed by atoms with van der Waals surface area (Å²) in [5.74, 6) is 0.146. The summed E-state index contributed by atoms with van der Waals surface area (Å²) in [5, 5.41) is 4.26. The van der Waals surface area contributed by atoms with Gasteiger partial charge in [0.25, 0.3) is 0 Å². The van der Waals surface area contributed by atoms with Crippen LogP contribution in [-0.4, -0.2) is 54.4 Å². The van der Waals surface area contributed by atoms with E-state index in [0.29, 0.717) is 6.54 Å². The van der Waals surface area contributed by atoms with E-state index < -0.39 is 0 Å². The normalized spacial score (nSPS) is 10.8. The predicted molar refractivity (Wildman–Crippen MR) is 85.2 cm³/mol. The smallest absolute Gasteiger partial charge is 0.236 e. The van der Waals surface area contributed by atoms with Gasteiger partial charge in [0.05, 0.1) is 6.54 Å². The minimum Gasteiger partial charge on any atom is -0.362 e. The second-order valence-corrected chi connectivity index (χ2v) is 6.17. The Kier molecular flexibility index (Phi) is 7.54. The third-order valence-corrected chi connectivity index (χ3v) is 3.80. The van der Waals surface area contributed by atoms with Gasteiger partial charge in [0.1, 0.15) is 0 Å². The van der Waals surface area contributed by atoms with E-state index in [4.69, 9.17) is 0 Å². The summed E-state index contributed by atoms with van der Waals surface area (Å²) in [5.41, 5.74) is 0. The molecule has 0 fully saturated rings. The number of carbonyl (C=O) groups is 1. The van der Waals surface area contributed by atoms with Crippen LogP contribution in [0.4, 0.5) is 5.13 Å². The molecule has 0 spiro atoms. The van der Waals surface area contributed by atoms with Crippen LogP contribution in [0.5, 0.6) is 0 Å². The third kappa shape index (κ3) is 5.88. The van der Waals surface area contributed by atoms with Crippen molar-refractivity contribution in [3.8, 4) is 0 Å². The molecule has 5 nitrogen and oxygen atoms in total. The zero-order valence-corrected chi connectivity index (χ0v) is 13.8. The highest BCUT2D eigenvalue weighted by Crippen LogP contribution is 2.19. The van der Waals surface area contributed by atoms with E-state index in [-0.39, 0.29) is 5.91 Å². The van der Waals surface area contributed by atoms with Gasteiger partial charge in [-0.15, -0.1) is 11.3 Å². The van der Waals surface area contributed by atoms with Crippen LogP contribution in [0.2, 0.25) is 0 Å². The van der Waals surface area contributed by atoms with Gasteiger partial charge in [-0.2, -0.15) is 0 Å². The summed E-state index contributed by atoms with van der Waals surface area (Å²) in [7, 11) is 3.60. The molecule has 0 saturated carbocycles. The average molecular weight is 298 g/mol. The molecule has 1 rings (SSSR count). The van der Waals surface area contributed by atoms with Crippen molar-refractivity contribution in [3.05, 3.63) is 11.1 Å². The van der Waals surface area contributed by atoms with Gasteiger partial charge >= 0.3 is 0 Å². The Morgan fingerprint density at radius 3 is 2.70 bits per heavy atom. The molecular formula is C14H26N4OS. The summed E-state index contributed by atoms with van der Waals surface area (Å²) in [6.07, 6.45) is 4.04. The Labute approximate surface area is 126 Å². The molecule has 0 aliphatic rings. The molecule has 0 aliphatic carbocycles. The van der Waals surface area contributed by atoms with Gasteiger partial charge in [0.15, 0.2) is 5.13 Å². The molecule has 1 N–H and O–H groups in total. The highest BCUT2D eigenvalue weighted by atomic mass is 32.1. The number of carbonyl (C=O) groups excluding carboxylic acids is 1. The maximum atomic E-state index is 11.8. The van der Waals surface area contributed by atoms with E-state index in [2.05, 4.69) is 29.0 Å². The Balaban J connectivity index is 2.56. The van der Waals surface area contributed by atoms with Crippen molar-refractivity contribution in [1.29, 1.82) is 0 Å². The topological polar surface area (TPSA) is 48.5 Å². The molecular weight excluding hydrogens is 272 g/mol. The fraction of sp³-hybridized carbons (Fsp3) is 0.714. The van der Waals surface area contributed by atoms with Crippen LogP contribution < -0.4 is 5.32 Å². The average Bonchev–Trinajstić information content (AvgIpc) is 2.84. The molecule has 0 aliphatic heterocycles. The van der Waals surface area contributed by atoms with Crippen molar-refractivity contribution in [2.45, 2.75) is 33.2 Å². The van der Waals surface area contributed by atoms with Crippen molar-refractivity contribution in [2.75, 3.05) is 39.0 Å². The van der Waals surface area contributed by atoms with Crippen LogP contribution in [0.3, 0.4) is 0 Å². The van der Waals surface area contributed by atoms with Crippen molar-refractivity contribution in [1.82, 2.24) is 14.8 Å². The number of thiazole rings is 1. The quantitative estimate of drug-likeness (QED) is 0.760. The number of nitrogens with zero attached hydrogens (tertiary/aromatic N) is 3. The summed E-state index contributed by atoms with van der Waals surface area (Å²) < 4.78 is 0.